The highest BCUT2D eigenvalue weighted by Crippen LogP contribution is 2.32. The first-order valence-electron chi connectivity index (χ1n) is 6.21. The molecule has 106 valence electrons. The number of hydrogen-bond donors (Lipinski definition) is 2. The summed E-state index contributed by atoms with van der Waals surface area (Å²) >= 11 is 9.16. The molecule has 2 aromatic rings. The summed E-state index contributed by atoms with van der Waals surface area (Å²) in [7, 11) is 0. The molecule has 0 spiro atoms. The average Bonchev–Trinajstić information content (AvgIpc) is 2.43. The van der Waals surface area contributed by atoms with Crippen molar-refractivity contribution >= 4 is 33.2 Å². The molecule has 0 amide bonds. The number of phenols is 1. The van der Waals surface area contributed by atoms with Crippen LogP contribution in [0.2, 0.25) is 5.02 Å². The smallest absolute Gasteiger partial charge is 0.141 e. The van der Waals surface area contributed by atoms with Gasteiger partial charge in [-0.3, -0.25) is 0 Å². The number of benzene rings is 2. The maximum Gasteiger partial charge on any atom is 0.141 e. The molecule has 20 heavy (non-hydrogen) atoms. The normalized spacial score (nSPS) is 12.2. The lowest BCUT2D eigenvalue weighted by molar-refractivity contribution is 0.462. The molecule has 2 nitrogen and oxygen atoms in total. The molecule has 0 bridgehead atoms. The lowest BCUT2D eigenvalue weighted by Gasteiger charge is -2.20. The van der Waals surface area contributed by atoms with Gasteiger partial charge in [0.05, 0.1) is 11.1 Å². The van der Waals surface area contributed by atoms with Crippen molar-refractivity contribution in [2.75, 3.05) is 5.32 Å². The Morgan fingerprint density at radius 2 is 2.05 bits per heavy atom. The van der Waals surface area contributed by atoms with E-state index in [0.29, 0.717) is 5.69 Å². The van der Waals surface area contributed by atoms with Crippen molar-refractivity contribution in [3.63, 3.8) is 0 Å². The molecular weight excluding hydrogens is 345 g/mol. The van der Waals surface area contributed by atoms with Gasteiger partial charge in [-0.2, -0.15) is 0 Å². The Morgan fingerprint density at radius 3 is 2.70 bits per heavy atom. The van der Waals surface area contributed by atoms with Gasteiger partial charge in [0.1, 0.15) is 11.6 Å². The zero-order valence-corrected chi connectivity index (χ0v) is 13.2. The monoisotopic (exact) mass is 357 g/mol. The van der Waals surface area contributed by atoms with Crippen LogP contribution in [0.15, 0.2) is 40.9 Å². The number of nitrogens with one attached hydrogen (secondary N) is 1. The number of hydrogen-bond acceptors (Lipinski definition) is 2. The molecule has 0 aliphatic heterocycles. The largest absolute Gasteiger partial charge is 0.508 e. The summed E-state index contributed by atoms with van der Waals surface area (Å²) in [6, 6.07) is 9.67. The van der Waals surface area contributed by atoms with E-state index >= 15 is 0 Å². The minimum absolute atomic E-state index is 0.0725. The van der Waals surface area contributed by atoms with E-state index in [0.717, 1.165) is 16.5 Å². The van der Waals surface area contributed by atoms with Crippen LogP contribution in [0.1, 0.15) is 24.9 Å². The Hall–Kier alpha value is -1.26. The SMILES string of the molecule is CCC(Nc1ccc(F)c(Cl)c1)c1cc(Br)ccc1O. The van der Waals surface area contributed by atoms with E-state index in [4.69, 9.17) is 11.6 Å². The predicted octanol–water partition coefficient (Wildman–Crippen LogP) is 5.51. The van der Waals surface area contributed by atoms with Crippen molar-refractivity contribution in [1.82, 2.24) is 0 Å². The van der Waals surface area contributed by atoms with Gasteiger partial charge in [-0.1, -0.05) is 34.5 Å². The number of phenolic OH excluding ortho intramolecular Hbond substituents is 1. The van der Waals surface area contributed by atoms with Gasteiger partial charge in [0, 0.05) is 15.7 Å². The van der Waals surface area contributed by atoms with E-state index < -0.39 is 5.82 Å². The Kier molecular flexibility index (Phi) is 4.89. The molecule has 1 atom stereocenters. The van der Waals surface area contributed by atoms with Crippen LogP contribution in [0, 0.1) is 5.82 Å². The first-order valence-corrected chi connectivity index (χ1v) is 7.38. The molecule has 0 saturated heterocycles. The van der Waals surface area contributed by atoms with Gasteiger partial charge in [-0.15, -0.1) is 0 Å². The summed E-state index contributed by atoms with van der Waals surface area (Å²) in [6.07, 6.45) is 0.763. The second-order valence-corrected chi connectivity index (χ2v) is 5.76. The second-order valence-electron chi connectivity index (χ2n) is 4.44. The number of halogens is 3. The molecule has 0 aliphatic rings. The van der Waals surface area contributed by atoms with Crippen LogP contribution >= 0.6 is 27.5 Å². The molecule has 0 heterocycles. The number of anilines is 1. The van der Waals surface area contributed by atoms with E-state index in [1.165, 1.54) is 12.1 Å². The fourth-order valence-corrected chi connectivity index (χ4v) is 2.55. The predicted molar refractivity (Wildman–Crippen MR) is 83.9 cm³/mol. The Morgan fingerprint density at radius 1 is 1.30 bits per heavy atom. The van der Waals surface area contributed by atoms with Crippen molar-refractivity contribution in [1.29, 1.82) is 0 Å². The highest BCUT2D eigenvalue weighted by atomic mass is 79.9. The molecule has 0 radical (unpaired) electrons. The zero-order chi connectivity index (χ0) is 14.7. The van der Waals surface area contributed by atoms with Gasteiger partial charge < -0.3 is 10.4 Å². The Bertz CT molecular complexity index is 621. The number of rotatable bonds is 4. The van der Waals surface area contributed by atoms with Crippen LogP contribution in [0.5, 0.6) is 5.75 Å². The molecule has 2 N–H and O–H groups in total. The highest BCUT2D eigenvalue weighted by Gasteiger charge is 2.14. The van der Waals surface area contributed by atoms with Crippen LogP contribution in [-0.4, -0.2) is 5.11 Å². The first kappa shape index (κ1) is 15.1. The lowest BCUT2D eigenvalue weighted by Crippen LogP contribution is -2.10. The van der Waals surface area contributed by atoms with Gasteiger partial charge in [0.2, 0.25) is 0 Å². The van der Waals surface area contributed by atoms with Gasteiger partial charge in [0.25, 0.3) is 0 Å². The lowest BCUT2D eigenvalue weighted by atomic mass is 10.0. The van der Waals surface area contributed by atoms with Crippen molar-refractivity contribution < 1.29 is 9.50 Å². The molecule has 2 aromatic carbocycles. The van der Waals surface area contributed by atoms with Gasteiger partial charge in [0.15, 0.2) is 0 Å². The molecule has 0 saturated carbocycles. The van der Waals surface area contributed by atoms with Crippen LogP contribution in [0.3, 0.4) is 0 Å². The van der Waals surface area contributed by atoms with Crippen LogP contribution < -0.4 is 5.32 Å². The van der Waals surface area contributed by atoms with E-state index in [-0.39, 0.29) is 16.8 Å². The third-order valence-corrected chi connectivity index (χ3v) is 3.82. The molecule has 2 rings (SSSR count). The fraction of sp³-hybridized carbons (Fsp3) is 0.200. The van der Waals surface area contributed by atoms with Crippen LogP contribution in [-0.2, 0) is 0 Å². The van der Waals surface area contributed by atoms with Gasteiger partial charge in [-0.05, 0) is 42.8 Å². The summed E-state index contributed by atoms with van der Waals surface area (Å²) in [5.74, 6) is -0.226. The standard InChI is InChI=1S/C15H14BrClFNO/c1-2-14(11-7-9(16)3-6-15(11)20)19-10-4-5-13(18)12(17)8-10/h3-8,14,19-20H,2H2,1H3. The molecule has 0 fully saturated rings. The van der Waals surface area contributed by atoms with Crippen LogP contribution in [0.4, 0.5) is 10.1 Å². The third kappa shape index (κ3) is 3.44. The summed E-state index contributed by atoms with van der Waals surface area (Å²) in [5, 5.41) is 13.3. The number of aromatic hydroxyl groups is 1. The molecule has 1 unspecified atom stereocenters. The zero-order valence-electron chi connectivity index (χ0n) is 10.8. The maximum absolute atomic E-state index is 13.2. The van der Waals surface area contributed by atoms with E-state index in [1.807, 2.05) is 13.0 Å². The van der Waals surface area contributed by atoms with E-state index in [1.54, 1.807) is 18.2 Å². The molecule has 5 heteroatoms. The quantitative estimate of drug-likeness (QED) is 0.755. The molecule has 0 aromatic heterocycles. The summed E-state index contributed by atoms with van der Waals surface area (Å²) in [5.41, 5.74) is 1.49. The minimum atomic E-state index is -0.449. The molecule has 0 aliphatic carbocycles. The summed E-state index contributed by atoms with van der Waals surface area (Å²) in [4.78, 5) is 0. The minimum Gasteiger partial charge on any atom is -0.508 e. The Labute approximate surface area is 130 Å². The van der Waals surface area contributed by atoms with E-state index in [2.05, 4.69) is 21.2 Å². The topological polar surface area (TPSA) is 32.3 Å². The van der Waals surface area contributed by atoms with E-state index in [9.17, 15) is 9.50 Å². The van der Waals surface area contributed by atoms with Gasteiger partial charge >= 0.3 is 0 Å². The van der Waals surface area contributed by atoms with Gasteiger partial charge in [-0.25, -0.2) is 4.39 Å². The fourth-order valence-electron chi connectivity index (χ4n) is 1.99. The van der Waals surface area contributed by atoms with Crippen molar-refractivity contribution in [3.8, 4) is 5.75 Å². The Balaban J connectivity index is 2.28. The maximum atomic E-state index is 13.2. The van der Waals surface area contributed by atoms with Crippen LogP contribution in [0.25, 0.3) is 0 Å². The average molecular weight is 359 g/mol. The highest BCUT2D eigenvalue weighted by molar-refractivity contribution is 9.10. The van der Waals surface area contributed by atoms with Crippen molar-refractivity contribution in [2.24, 2.45) is 0 Å². The molecular formula is C15H14BrClFNO. The summed E-state index contributed by atoms with van der Waals surface area (Å²) < 4.78 is 14.0. The second kappa shape index (κ2) is 6.46. The third-order valence-electron chi connectivity index (χ3n) is 3.03. The van der Waals surface area contributed by atoms with Crippen molar-refractivity contribution in [3.05, 3.63) is 57.3 Å². The first-order chi connectivity index (χ1) is 9.51. The van der Waals surface area contributed by atoms with Crippen molar-refractivity contribution in [2.45, 2.75) is 19.4 Å². The summed E-state index contributed by atoms with van der Waals surface area (Å²) in [6.45, 7) is 2.00.